The lowest BCUT2D eigenvalue weighted by Gasteiger charge is -2.14. The highest BCUT2D eigenvalue weighted by Crippen LogP contribution is 2.17. The van der Waals surface area contributed by atoms with Gasteiger partial charge in [-0.05, 0) is 18.2 Å². The molecule has 0 N–H and O–H groups in total. The summed E-state index contributed by atoms with van der Waals surface area (Å²) in [6, 6.07) is 7.63. The maximum Gasteiger partial charge on any atom is 0.191 e. The van der Waals surface area contributed by atoms with E-state index < -0.39 is 0 Å². The van der Waals surface area contributed by atoms with Crippen LogP contribution in [-0.2, 0) is 9.47 Å². The molecule has 0 aliphatic rings. The average Bonchev–Trinajstić information content (AvgIpc) is 2.19. The Balaban J connectivity index is 2.44. The smallest absolute Gasteiger partial charge is 0.191 e. The minimum atomic E-state index is -0.325. The van der Waals surface area contributed by atoms with Crippen molar-refractivity contribution in [3.8, 4) is 5.75 Å². The van der Waals surface area contributed by atoms with Crippen LogP contribution >= 0.6 is 15.9 Å². The molecule has 0 aliphatic heterocycles. The van der Waals surface area contributed by atoms with E-state index in [4.69, 9.17) is 14.2 Å². The molecular formula is C10H13BrO3. The van der Waals surface area contributed by atoms with E-state index in [2.05, 4.69) is 15.9 Å². The second kappa shape index (κ2) is 6.01. The zero-order valence-corrected chi connectivity index (χ0v) is 9.78. The van der Waals surface area contributed by atoms with Gasteiger partial charge in [-0.3, -0.25) is 0 Å². The van der Waals surface area contributed by atoms with Crippen molar-refractivity contribution in [3.63, 3.8) is 0 Å². The summed E-state index contributed by atoms with van der Waals surface area (Å²) < 4.78 is 16.4. The van der Waals surface area contributed by atoms with Crippen LogP contribution in [-0.4, -0.2) is 27.1 Å². The number of benzene rings is 1. The largest absolute Gasteiger partial charge is 0.488 e. The van der Waals surface area contributed by atoms with Crippen LogP contribution in [0.25, 0.3) is 0 Å². The minimum Gasteiger partial charge on any atom is -0.488 e. The number of halogens is 1. The van der Waals surface area contributed by atoms with Gasteiger partial charge in [0.2, 0.25) is 0 Å². The average molecular weight is 261 g/mol. The first kappa shape index (κ1) is 11.5. The molecule has 1 aromatic carbocycles. The predicted molar refractivity (Wildman–Crippen MR) is 57.4 cm³/mol. The van der Waals surface area contributed by atoms with E-state index >= 15 is 0 Å². The topological polar surface area (TPSA) is 27.7 Å². The molecule has 1 aromatic rings. The Labute approximate surface area is 92.1 Å². The molecule has 0 atom stereocenters. The highest BCUT2D eigenvalue weighted by Gasteiger charge is 2.05. The minimum absolute atomic E-state index is 0.325. The van der Waals surface area contributed by atoms with Crippen LogP contribution < -0.4 is 4.74 Å². The van der Waals surface area contributed by atoms with E-state index in [0.717, 1.165) is 10.2 Å². The molecule has 0 radical (unpaired) electrons. The van der Waals surface area contributed by atoms with Gasteiger partial charge in [0.1, 0.15) is 12.4 Å². The van der Waals surface area contributed by atoms with Crippen LogP contribution in [0, 0.1) is 0 Å². The molecule has 78 valence electrons. The van der Waals surface area contributed by atoms with Gasteiger partial charge in [0.25, 0.3) is 0 Å². The first-order valence-corrected chi connectivity index (χ1v) is 4.99. The van der Waals surface area contributed by atoms with Crippen LogP contribution in [0.4, 0.5) is 0 Å². The summed E-state index contributed by atoms with van der Waals surface area (Å²) in [5.41, 5.74) is 0. The van der Waals surface area contributed by atoms with Crippen LogP contribution in [0.1, 0.15) is 0 Å². The number of ether oxygens (including phenoxy) is 3. The molecule has 0 aliphatic carbocycles. The third-order valence-electron chi connectivity index (χ3n) is 1.71. The lowest BCUT2D eigenvalue weighted by atomic mass is 10.3. The molecule has 14 heavy (non-hydrogen) atoms. The summed E-state index contributed by atoms with van der Waals surface area (Å²) in [7, 11) is 3.16. The van der Waals surface area contributed by atoms with E-state index in [9.17, 15) is 0 Å². The lowest BCUT2D eigenvalue weighted by Crippen LogP contribution is -2.21. The van der Waals surface area contributed by atoms with Gasteiger partial charge in [-0.25, -0.2) is 0 Å². The Hall–Kier alpha value is -0.580. The fourth-order valence-electron chi connectivity index (χ4n) is 0.953. The molecule has 0 fully saturated rings. The summed E-state index contributed by atoms with van der Waals surface area (Å²) in [5, 5.41) is 0. The first-order chi connectivity index (χ1) is 6.76. The molecular weight excluding hydrogens is 248 g/mol. The Morgan fingerprint density at radius 2 is 2.00 bits per heavy atom. The second-order valence-electron chi connectivity index (χ2n) is 2.67. The molecule has 3 nitrogen and oxygen atoms in total. The van der Waals surface area contributed by atoms with Gasteiger partial charge in [-0.2, -0.15) is 0 Å². The van der Waals surface area contributed by atoms with Crippen molar-refractivity contribution in [2.45, 2.75) is 6.29 Å². The highest BCUT2D eigenvalue weighted by molar-refractivity contribution is 9.10. The predicted octanol–water partition coefficient (Wildman–Crippen LogP) is 2.45. The molecule has 0 heterocycles. The van der Waals surface area contributed by atoms with Crippen molar-refractivity contribution in [1.82, 2.24) is 0 Å². The molecule has 0 unspecified atom stereocenters. The van der Waals surface area contributed by atoms with Gasteiger partial charge in [0, 0.05) is 18.7 Å². The molecule has 0 saturated carbocycles. The molecule has 0 spiro atoms. The van der Waals surface area contributed by atoms with Gasteiger partial charge in [-0.1, -0.05) is 22.0 Å². The lowest BCUT2D eigenvalue weighted by molar-refractivity contribution is -0.121. The van der Waals surface area contributed by atoms with Crippen LogP contribution in [0.5, 0.6) is 5.75 Å². The Kier molecular flexibility index (Phi) is 4.93. The van der Waals surface area contributed by atoms with E-state index in [1.165, 1.54) is 0 Å². The Bertz CT molecular complexity index is 274. The Morgan fingerprint density at radius 1 is 1.29 bits per heavy atom. The van der Waals surface area contributed by atoms with Crippen molar-refractivity contribution in [1.29, 1.82) is 0 Å². The van der Waals surface area contributed by atoms with Gasteiger partial charge in [0.15, 0.2) is 6.29 Å². The summed E-state index contributed by atoms with van der Waals surface area (Å²) in [6.07, 6.45) is -0.325. The van der Waals surface area contributed by atoms with Crippen molar-refractivity contribution in [2.24, 2.45) is 0 Å². The van der Waals surface area contributed by atoms with Crippen LogP contribution in [0.15, 0.2) is 28.7 Å². The van der Waals surface area contributed by atoms with Gasteiger partial charge < -0.3 is 14.2 Å². The zero-order chi connectivity index (χ0) is 10.4. The summed E-state index contributed by atoms with van der Waals surface area (Å²) in [4.78, 5) is 0. The van der Waals surface area contributed by atoms with E-state index in [0.29, 0.717) is 6.61 Å². The highest BCUT2D eigenvalue weighted by atomic mass is 79.9. The van der Waals surface area contributed by atoms with Gasteiger partial charge >= 0.3 is 0 Å². The third kappa shape index (κ3) is 3.65. The van der Waals surface area contributed by atoms with Gasteiger partial charge in [0.05, 0.1) is 0 Å². The molecule has 0 amide bonds. The third-order valence-corrected chi connectivity index (χ3v) is 2.20. The molecule has 1 rings (SSSR count). The number of hydrogen-bond acceptors (Lipinski definition) is 3. The maximum atomic E-state index is 5.45. The zero-order valence-electron chi connectivity index (χ0n) is 8.20. The molecule has 0 aromatic heterocycles. The number of hydrogen-bond donors (Lipinski definition) is 0. The molecule has 0 bridgehead atoms. The fraction of sp³-hybridized carbons (Fsp3) is 0.400. The van der Waals surface area contributed by atoms with Crippen molar-refractivity contribution in [3.05, 3.63) is 28.7 Å². The summed E-state index contributed by atoms with van der Waals surface area (Å²) in [5.74, 6) is 0.790. The van der Waals surface area contributed by atoms with E-state index in [1.807, 2.05) is 24.3 Å². The van der Waals surface area contributed by atoms with E-state index in [-0.39, 0.29) is 6.29 Å². The van der Waals surface area contributed by atoms with Crippen LogP contribution in [0.3, 0.4) is 0 Å². The quantitative estimate of drug-likeness (QED) is 0.762. The molecule has 4 heteroatoms. The van der Waals surface area contributed by atoms with Crippen molar-refractivity contribution >= 4 is 15.9 Å². The number of methoxy groups -OCH3 is 2. The normalized spacial score (nSPS) is 10.6. The summed E-state index contributed by atoms with van der Waals surface area (Å²) in [6.45, 7) is 0.378. The monoisotopic (exact) mass is 260 g/mol. The summed E-state index contributed by atoms with van der Waals surface area (Å²) >= 11 is 3.36. The maximum absolute atomic E-state index is 5.45. The SMILES string of the molecule is COC(COc1cccc(Br)c1)OC. The van der Waals surface area contributed by atoms with Gasteiger partial charge in [-0.15, -0.1) is 0 Å². The van der Waals surface area contributed by atoms with Crippen LogP contribution in [0.2, 0.25) is 0 Å². The van der Waals surface area contributed by atoms with Crippen molar-refractivity contribution in [2.75, 3.05) is 20.8 Å². The standard InChI is InChI=1S/C10H13BrO3/c1-12-10(13-2)7-14-9-5-3-4-8(11)6-9/h3-6,10H,7H2,1-2H3. The number of rotatable bonds is 5. The fourth-order valence-corrected chi connectivity index (χ4v) is 1.33. The first-order valence-electron chi connectivity index (χ1n) is 4.20. The Morgan fingerprint density at radius 3 is 2.57 bits per heavy atom. The van der Waals surface area contributed by atoms with E-state index in [1.54, 1.807) is 14.2 Å². The van der Waals surface area contributed by atoms with Crippen molar-refractivity contribution < 1.29 is 14.2 Å². The molecule has 0 saturated heterocycles. The second-order valence-corrected chi connectivity index (χ2v) is 3.59.